The monoisotopic (exact) mass is 291 g/mol. The molecule has 0 unspecified atom stereocenters. The average molecular weight is 291 g/mol. The summed E-state index contributed by atoms with van der Waals surface area (Å²) in [6.07, 6.45) is 6.26. The second-order valence-corrected chi connectivity index (χ2v) is 6.33. The molecule has 0 aromatic carbocycles. The highest BCUT2D eigenvalue weighted by Gasteiger charge is 2.26. The number of carbonyl (C=O) groups is 1. The molecule has 0 aliphatic carbocycles. The van der Waals surface area contributed by atoms with Gasteiger partial charge in [0.1, 0.15) is 0 Å². The fraction of sp³-hybridized carbons (Fsp3) is 0.750. The third kappa shape index (κ3) is 3.64. The van der Waals surface area contributed by atoms with Crippen LogP contribution in [0.15, 0.2) is 6.07 Å². The minimum Gasteiger partial charge on any atom is -0.378 e. The van der Waals surface area contributed by atoms with Gasteiger partial charge in [0.15, 0.2) is 0 Å². The van der Waals surface area contributed by atoms with Crippen LogP contribution >= 0.6 is 0 Å². The van der Waals surface area contributed by atoms with Gasteiger partial charge in [0.2, 0.25) is 5.91 Å². The summed E-state index contributed by atoms with van der Waals surface area (Å²) in [4.78, 5) is 14.4. The van der Waals surface area contributed by atoms with Crippen molar-refractivity contribution in [2.75, 3.05) is 19.7 Å². The Morgan fingerprint density at radius 1 is 1.48 bits per heavy atom. The van der Waals surface area contributed by atoms with Gasteiger partial charge in [-0.25, -0.2) is 0 Å². The third-order valence-electron chi connectivity index (χ3n) is 4.62. The van der Waals surface area contributed by atoms with Crippen LogP contribution in [0.3, 0.4) is 0 Å². The molecule has 0 saturated carbocycles. The van der Waals surface area contributed by atoms with Crippen LogP contribution in [-0.2, 0) is 9.53 Å². The normalized spacial score (nSPS) is 26.2. The van der Waals surface area contributed by atoms with Gasteiger partial charge in [-0.2, -0.15) is 5.10 Å². The summed E-state index contributed by atoms with van der Waals surface area (Å²) in [5.74, 6) is 0.665. The Morgan fingerprint density at radius 2 is 2.38 bits per heavy atom. The molecule has 5 nitrogen and oxygen atoms in total. The van der Waals surface area contributed by atoms with Crippen LogP contribution in [0.5, 0.6) is 0 Å². The number of likely N-dealkylation sites (tertiary alicyclic amines) is 1. The molecule has 3 heterocycles. The lowest BCUT2D eigenvalue weighted by Crippen LogP contribution is -2.39. The number of rotatable bonds is 4. The number of ether oxygens (including phenoxy) is 1. The van der Waals surface area contributed by atoms with Crippen LogP contribution in [0.2, 0.25) is 0 Å². The van der Waals surface area contributed by atoms with Crippen LogP contribution in [0, 0.1) is 6.92 Å². The highest BCUT2D eigenvalue weighted by Crippen LogP contribution is 2.27. The lowest BCUT2D eigenvalue weighted by atomic mass is 9.94. The predicted molar refractivity (Wildman–Crippen MR) is 80.1 cm³/mol. The molecule has 1 N–H and O–H groups in total. The van der Waals surface area contributed by atoms with E-state index in [1.54, 1.807) is 0 Å². The Kier molecular flexibility index (Phi) is 4.58. The van der Waals surface area contributed by atoms with E-state index in [0.29, 0.717) is 18.4 Å². The molecule has 0 radical (unpaired) electrons. The first-order valence-electron chi connectivity index (χ1n) is 8.13. The van der Waals surface area contributed by atoms with Crippen molar-refractivity contribution < 1.29 is 9.53 Å². The van der Waals surface area contributed by atoms with Crippen LogP contribution in [-0.4, -0.2) is 46.8 Å². The zero-order valence-corrected chi connectivity index (χ0v) is 12.8. The lowest BCUT2D eigenvalue weighted by molar-refractivity contribution is -0.133. The molecule has 0 bridgehead atoms. The molecule has 2 aliphatic rings. The highest BCUT2D eigenvalue weighted by molar-refractivity contribution is 5.76. The van der Waals surface area contributed by atoms with Crippen molar-refractivity contribution in [1.82, 2.24) is 15.1 Å². The average Bonchev–Trinajstić information content (AvgIpc) is 3.16. The molecule has 116 valence electrons. The maximum absolute atomic E-state index is 12.4. The zero-order valence-electron chi connectivity index (χ0n) is 12.8. The van der Waals surface area contributed by atoms with Crippen molar-refractivity contribution in [3.05, 3.63) is 17.5 Å². The zero-order chi connectivity index (χ0) is 14.7. The number of aryl methyl sites for hydroxylation is 1. The molecule has 1 aromatic rings. The van der Waals surface area contributed by atoms with E-state index < -0.39 is 0 Å². The van der Waals surface area contributed by atoms with Gasteiger partial charge >= 0.3 is 0 Å². The van der Waals surface area contributed by atoms with E-state index in [4.69, 9.17) is 4.74 Å². The van der Waals surface area contributed by atoms with Gasteiger partial charge in [0.25, 0.3) is 0 Å². The first-order valence-corrected chi connectivity index (χ1v) is 8.13. The highest BCUT2D eigenvalue weighted by atomic mass is 16.5. The summed E-state index contributed by atoms with van der Waals surface area (Å²) in [6, 6.07) is 2.10. The van der Waals surface area contributed by atoms with E-state index in [2.05, 4.69) is 16.3 Å². The summed E-state index contributed by atoms with van der Waals surface area (Å²) in [5.41, 5.74) is 2.19. The van der Waals surface area contributed by atoms with Crippen molar-refractivity contribution in [1.29, 1.82) is 0 Å². The lowest BCUT2D eigenvalue weighted by Gasteiger charge is -2.32. The number of H-pyrrole nitrogens is 1. The van der Waals surface area contributed by atoms with Gasteiger partial charge in [-0.1, -0.05) is 0 Å². The maximum Gasteiger partial charge on any atom is 0.222 e. The van der Waals surface area contributed by atoms with Crippen LogP contribution in [0.25, 0.3) is 0 Å². The Balaban J connectivity index is 1.51. The Hall–Kier alpha value is -1.36. The van der Waals surface area contributed by atoms with Crippen molar-refractivity contribution in [2.45, 2.75) is 57.5 Å². The number of piperidine rings is 1. The second kappa shape index (κ2) is 6.60. The van der Waals surface area contributed by atoms with E-state index in [-0.39, 0.29) is 5.91 Å². The first-order chi connectivity index (χ1) is 10.2. The van der Waals surface area contributed by atoms with Gasteiger partial charge in [0, 0.05) is 37.7 Å². The smallest absolute Gasteiger partial charge is 0.222 e. The van der Waals surface area contributed by atoms with Crippen molar-refractivity contribution in [3.63, 3.8) is 0 Å². The second-order valence-electron chi connectivity index (χ2n) is 6.33. The van der Waals surface area contributed by atoms with E-state index in [1.165, 1.54) is 0 Å². The van der Waals surface area contributed by atoms with E-state index in [9.17, 15) is 4.79 Å². The molecule has 1 aromatic heterocycles. The third-order valence-corrected chi connectivity index (χ3v) is 4.62. The van der Waals surface area contributed by atoms with Crippen molar-refractivity contribution in [2.24, 2.45) is 0 Å². The number of nitrogens with zero attached hydrogens (tertiary/aromatic N) is 2. The molecule has 5 heteroatoms. The fourth-order valence-electron chi connectivity index (χ4n) is 3.41. The molecule has 2 saturated heterocycles. The molecule has 3 rings (SSSR count). The SMILES string of the molecule is Cc1cc([C@H]2CCCN(C(=O)CC[C@@H]3CCCO3)C2)n[nH]1. The van der Waals surface area contributed by atoms with Crippen LogP contribution in [0.1, 0.15) is 55.8 Å². The minimum absolute atomic E-state index is 0.280. The number of hydrogen-bond donors (Lipinski definition) is 1. The number of aromatic amines is 1. The topological polar surface area (TPSA) is 58.2 Å². The van der Waals surface area contributed by atoms with Gasteiger partial charge in [-0.3, -0.25) is 9.89 Å². The summed E-state index contributed by atoms with van der Waals surface area (Å²) in [6.45, 7) is 4.59. The van der Waals surface area contributed by atoms with Crippen LogP contribution in [0.4, 0.5) is 0 Å². The quantitative estimate of drug-likeness (QED) is 0.926. The number of amides is 1. The molecule has 2 aliphatic heterocycles. The van der Waals surface area contributed by atoms with Gasteiger partial charge < -0.3 is 9.64 Å². The molecule has 21 heavy (non-hydrogen) atoms. The first kappa shape index (κ1) is 14.6. The van der Waals surface area contributed by atoms with Gasteiger partial charge in [0.05, 0.1) is 11.8 Å². The molecule has 0 spiro atoms. The molecule has 2 fully saturated rings. The number of aromatic nitrogens is 2. The number of hydrogen-bond acceptors (Lipinski definition) is 3. The summed E-state index contributed by atoms with van der Waals surface area (Å²) >= 11 is 0. The summed E-state index contributed by atoms with van der Waals surface area (Å²) in [7, 11) is 0. The van der Waals surface area contributed by atoms with Gasteiger partial charge in [-0.05, 0) is 45.1 Å². The predicted octanol–water partition coefficient (Wildman–Crippen LogP) is 2.38. The molecule has 2 atom stereocenters. The van der Waals surface area contributed by atoms with E-state index in [1.807, 2.05) is 11.8 Å². The number of carbonyl (C=O) groups excluding carboxylic acids is 1. The molecular formula is C16H25N3O2. The Morgan fingerprint density at radius 3 is 3.10 bits per heavy atom. The minimum atomic E-state index is 0.280. The fourth-order valence-corrected chi connectivity index (χ4v) is 3.41. The van der Waals surface area contributed by atoms with Crippen LogP contribution < -0.4 is 0 Å². The van der Waals surface area contributed by atoms with E-state index in [0.717, 1.165) is 63.2 Å². The largest absolute Gasteiger partial charge is 0.378 e. The molecule has 1 amide bonds. The Bertz CT molecular complexity index is 480. The van der Waals surface area contributed by atoms with Gasteiger partial charge in [-0.15, -0.1) is 0 Å². The van der Waals surface area contributed by atoms with E-state index >= 15 is 0 Å². The summed E-state index contributed by atoms with van der Waals surface area (Å²) in [5, 5.41) is 7.36. The van der Waals surface area contributed by atoms with Crippen molar-refractivity contribution >= 4 is 5.91 Å². The Labute approximate surface area is 126 Å². The number of nitrogens with one attached hydrogen (secondary N) is 1. The van der Waals surface area contributed by atoms with Crippen molar-refractivity contribution in [3.8, 4) is 0 Å². The molecular weight excluding hydrogens is 266 g/mol. The standard InChI is InChI=1S/C16H25N3O2/c1-12-10-15(18-17-12)13-4-2-8-19(11-13)16(20)7-6-14-5-3-9-21-14/h10,13-14H,2-9,11H2,1H3,(H,17,18)/t13-,14-/m0/s1. The maximum atomic E-state index is 12.4. The summed E-state index contributed by atoms with van der Waals surface area (Å²) < 4.78 is 5.60.